The molecule has 0 bridgehead atoms. The van der Waals surface area contributed by atoms with Crippen molar-refractivity contribution in [2.45, 2.75) is 23.7 Å². The molecule has 0 N–H and O–H groups in total. The van der Waals surface area contributed by atoms with Gasteiger partial charge < -0.3 is 4.74 Å². The Labute approximate surface area is 160 Å². The predicted molar refractivity (Wildman–Crippen MR) is 98.7 cm³/mol. The Bertz CT molecular complexity index is 901. The Morgan fingerprint density at radius 1 is 1.22 bits per heavy atom. The van der Waals surface area contributed by atoms with Gasteiger partial charge in [0.25, 0.3) is 15.7 Å². The lowest BCUT2D eigenvalue weighted by molar-refractivity contribution is -0.384. The topological polar surface area (TPSA) is 107 Å². The summed E-state index contributed by atoms with van der Waals surface area (Å²) in [4.78, 5) is 22.4. The third-order valence-corrected chi connectivity index (χ3v) is 7.68. The lowest BCUT2D eigenvalue weighted by atomic mass is 9.98. The van der Waals surface area contributed by atoms with Crippen LogP contribution in [0, 0.1) is 16.0 Å². The molecule has 1 aliphatic rings. The summed E-state index contributed by atoms with van der Waals surface area (Å²) in [5.74, 6) is -0.723. The molecular formula is C17H18N2O6S2. The van der Waals surface area contributed by atoms with Gasteiger partial charge in [-0.25, -0.2) is 8.42 Å². The highest BCUT2D eigenvalue weighted by atomic mass is 32.2. The first-order valence-corrected chi connectivity index (χ1v) is 10.6. The number of carbonyl (C=O) groups excluding carboxylic acids is 1. The Balaban J connectivity index is 1.50. The van der Waals surface area contributed by atoms with Gasteiger partial charge in [0, 0.05) is 25.2 Å². The summed E-state index contributed by atoms with van der Waals surface area (Å²) < 4.78 is 32.0. The van der Waals surface area contributed by atoms with E-state index in [4.69, 9.17) is 4.74 Å². The standard InChI is InChI=1S/C17H18N2O6S2/c20-17(25-12-13-3-5-15(6-4-13)19(21)22)14-7-9-18(10-8-14)27(23,24)16-2-1-11-26-16/h1-6,11,14H,7-10,12H2. The van der Waals surface area contributed by atoms with Crippen molar-refractivity contribution >= 4 is 33.0 Å². The number of nitrogens with zero attached hydrogens (tertiary/aromatic N) is 2. The van der Waals surface area contributed by atoms with E-state index in [0.717, 1.165) is 0 Å². The zero-order valence-electron chi connectivity index (χ0n) is 14.3. The van der Waals surface area contributed by atoms with Crippen LogP contribution in [0.15, 0.2) is 46.0 Å². The second-order valence-electron chi connectivity index (χ2n) is 6.14. The van der Waals surface area contributed by atoms with Gasteiger partial charge in [0.2, 0.25) is 0 Å². The largest absolute Gasteiger partial charge is 0.461 e. The fraction of sp³-hybridized carbons (Fsp3) is 0.353. The first-order chi connectivity index (χ1) is 12.9. The van der Waals surface area contributed by atoms with Gasteiger partial charge in [-0.3, -0.25) is 14.9 Å². The average Bonchev–Trinajstić information content (AvgIpc) is 3.22. The van der Waals surface area contributed by atoms with Gasteiger partial charge in [-0.2, -0.15) is 4.31 Å². The quantitative estimate of drug-likeness (QED) is 0.412. The first-order valence-electron chi connectivity index (χ1n) is 8.31. The van der Waals surface area contributed by atoms with Crippen molar-refractivity contribution in [2.75, 3.05) is 13.1 Å². The van der Waals surface area contributed by atoms with Crippen LogP contribution in [-0.2, 0) is 26.2 Å². The SMILES string of the molecule is O=C(OCc1ccc([N+](=O)[O-])cc1)C1CCN(S(=O)(=O)c2cccs2)CC1. The molecule has 1 fully saturated rings. The smallest absolute Gasteiger partial charge is 0.309 e. The fourth-order valence-electron chi connectivity index (χ4n) is 2.86. The Morgan fingerprint density at radius 2 is 1.89 bits per heavy atom. The number of nitro groups is 1. The third kappa shape index (κ3) is 4.52. The zero-order chi connectivity index (χ0) is 19.4. The number of thiophene rings is 1. The molecule has 0 radical (unpaired) electrons. The number of ether oxygens (including phenoxy) is 1. The maximum atomic E-state index is 12.5. The van der Waals surface area contributed by atoms with Gasteiger partial charge >= 0.3 is 5.97 Å². The van der Waals surface area contributed by atoms with Crippen LogP contribution in [0.5, 0.6) is 0 Å². The van der Waals surface area contributed by atoms with Crippen molar-refractivity contribution in [2.24, 2.45) is 5.92 Å². The van der Waals surface area contributed by atoms with Crippen molar-refractivity contribution < 1.29 is 22.9 Å². The monoisotopic (exact) mass is 410 g/mol. The first kappa shape index (κ1) is 19.5. The van der Waals surface area contributed by atoms with E-state index in [2.05, 4.69) is 0 Å². The summed E-state index contributed by atoms with van der Waals surface area (Å²) in [5.41, 5.74) is 0.635. The minimum atomic E-state index is -3.49. The molecule has 144 valence electrons. The van der Waals surface area contributed by atoms with E-state index >= 15 is 0 Å². The summed E-state index contributed by atoms with van der Waals surface area (Å²) in [6.45, 7) is 0.583. The number of piperidine rings is 1. The van der Waals surface area contributed by atoms with Crippen molar-refractivity contribution in [1.29, 1.82) is 0 Å². The Kier molecular flexibility index (Phi) is 5.88. The molecule has 10 heteroatoms. The van der Waals surface area contributed by atoms with Crippen LogP contribution in [0.2, 0.25) is 0 Å². The minimum absolute atomic E-state index is 0.0237. The molecule has 27 heavy (non-hydrogen) atoms. The molecule has 0 amide bonds. The van der Waals surface area contributed by atoms with Crippen molar-refractivity contribution in [3.63, 3.8) is 0 Å². The third-order valence-electron chi connectivity index (χ3n) is 4.40. The van der Waals surface area contributed by atoms with Crippen LogP contribution in [0.4, 0.5) is 5.69 Å². The lowest BCUT2D eigenvalue weighted by Gasteiger charge is -2.29. The molecular weight excluding hydrogens is 392 g/mol. The molecule has 1 aliphatic heterocycles. The number of rotatable bonds is 6. The van der Waals surface area contributed by atoms with E-state index in [-0.39, 0.29) is 37.3 Å². The van der Waals surface area contributed by atoms with Crippen LogP contribution in [-0.4, -0.2) is 36.7 Å². The van der Waals surface area contributed by atoms with E-state index in [0.29, 0.717) is 22.6 Å². The van der Waals surface area contributed by atoms with Gasteiger partial charge in [0.1, 0.15) is 10.8 Å². The zero-order valence-corrected chi connectivity index (χ0v) is 15.9. The number of non-ortho nitro benzene ring substituents is 1. The van der Waals surface area contributed by atoms with Crippen LogP contribution >= 0.6 is 11.3 Å². The van der Waals surface area contributed by atoms with Crippen molar-refractivity contribution in [3.8, 4) is 0 Å². The highest BCUT2D eigenvalue weighted by molar-refractivity contribution is 7.91. The summed E-state index contributed by atoms with van der Waals surface area (Å²) in [6, 6.07) is 9.07. The number of hydrogen-bond donors (Lipinski definition) is 0. The average molecular weight is 410 g/mol. The Hall–Kier alpha value is -2.30. The summed E-state index contributed by atoms with van der Waals surface area (Å²) in [7, 11) is -3.49. The molecule has 8 nitrogen and oxygen atoms in total. The second-order valence-corrected chi connectivity index (χ2v) is 9.25. The Morgan fingerprint density at radius 3 is 2.44 bits per heavy atom. The van der Waals surface area contributed by atoms with E-state index in [1.807, 2.05) is 0 Å². The van der Waals surface area contributed by atoms with Gasteiger partial charge in [-0.05, 0) is 42.0 Å². The molecule has 0 aliphatic carbocycles. The van der Waals surface area contributed by atoms with E-state index in [9.17, 15) is 23.3 Å². The number of carbonyl (C=O) groups is 1. The minimum Gasteiger partial charge on any atom is -0.461 e. The molecule has 0 saturated carbocycles. The van der Waals surface area contributed by atoms with E-state index in [1.165, 1.54) is 27.8 Å². The molecule has 0 unspecified atom stereocenters. The van der Waals surface area contributed by atoms with Crippen molar-refractivity contribution in [1.82, 2.24) is 4.31 Å². The number of hydrogen-bond acceptors (Lipinski definition) is 7. The maximum Gasteiger partial charge on any atom is 0.309 e. The fourth-order valence-corrected chi connectivity index (χ4v) is 5.47. The normalized spacial score (nSPS) is 16.1. The molecule has 0 spiro atoms. The van der Waals surface area contributed by atoms with Crippen LogP contribution in [0.1, 0.15) is 18.4 Å². The molecule has 0 atom stereocenters. The molecule has 1 aromatic heterocycles. The number of nitro benzene ring substituents is 1. The second kappa shape index (κ2) is 8.15. The van der Waals surface area contributed by atoms with Gasteiger partial charge in [-0.1, -0.05) is 6.07 Å². The molecule has 2 aromatic rings. The number of esters is 1. The molecule has 1 saturated heterocycles. The predicted octanol–water partition coefficient (Wildman–Crippen LogP) is 2.80. The van der Waals surface area contributed by atoms with Gasteiger partial charge in [-0.15, -0.1) is 11.3 Å². The summed E-state index contributed by atoms with van der Waals surface area (Å²) >= 11 is 1.18. The van der Waals surface area contributed by atoms with Crippen LogP contribution in [0.3, 0.4) is 0 Å². The van der Waals surface area contributed by atoms with Gasteiger partial charge in [0.05, 0.1) is 10.8 Å². The van der Waals surface area contributed by atoms with E-state index < -0.39 is 14.9 Å². The van der Waals surface area contributed by atoms with Crippen molar-refractivity contribution in [3.05, 3.63) is 57.5 Å². The molecule has 2 heterocycles. The maximum absolute atomic E-state index is 12.5. The molecule has 1 aromatic carbocycles. The summed E-state index contributed by atoms with van der Waals surface area (Å²) in [5, 5.41) is 12.3. The number of benzene rings is 1. The lowest BCUT2D eigenvalue weighted by Crippen LogP contribution is -2.40. The van der Waals surface area contributed by atoms with Crippen LogP contribution in [0.25, 0.3) is 0 Å². The molecule has 3 rings (SSSR count). The van der Waals surface area contributed by atoms with E-state index in [1.54, 1.807) is 29.6 Å². The van der Waals surface area contributed by atoms with Gasteiger partial charge in [0.15, 0.2) is 0 Å². The van der Waals surface area contributed by atoms with Crippen LogP contribution < -0.4 is 0 Å². The highest BCUT2D eigenvalue weighted by Gasteiger charge is 2.33. The highest BCUT2D eigenvalue weighted by Crippen LogP contribution is 2.27. The summed E-state index contributed by atoms with van der Waals surface area (Å²) in [6.07, 6.45) is 0.813. The number of sulfonamides is 1.